The van der Waals surface area contributed by atoms with Crippen LogP contribution < -0.4 is 14.8 Å². The fourth-order valence-corrected chi connectivity index (χ4v) is 3.09. The van der Waals surface area contributed by atoms with Gasteiger partial charge in [-0.05, 0) is 7.05 Å². The largest absolute Gasteiger partial charge is 0.492 e. The van der Waals surface area contributed by atoms with Gasteiger partial charge in [0.1, 0.15) is 11.5 Å². The summed E-state index contributed by atoms with van der Waals surface area (Å²) >= 11 is 6.35. The van der Waals surface area contributed by atoms with Crippen molar-refractivity contribution >= 4 is 11.6 Å². The number of fused-ring (bicyclic) bond motifs is 2. The van der Waals surface area contributed by atoms with E-state index in [2.05, 4.69) is 5.32 Å². The third-order valence-corrected chi connectivity index (χ3v) is 3.91. The number of hydrogen-bond donors (Lipinski definition) is 2. The predicted molar refractivity (Wildman–Crippen MR) is 68.7 cm³/mol. The third-order valence-electron chi connectivity index (χ3n) is 3.51. The van der Waals surface area contributed by atoms with Gasteiger partial charge in [-0.1, -0.05) is 11.6 Å². The zero-order valence-corrected chi connectivity index (χ0v) is 11.0. The Morgan fingerprint density at radius 3 is 2.61 bits per heavy atom. The fourth-order valence-electron chi connectivity index (χ4n) is 2.74. The Kier molecular flexibility index (Phi) is 3.09. The molecule has 2 aliphatic rings. The van der Waals surface area contributed by atoms with Crippen LogP contribution in [-0.2, 0) is 12.8 Å². The summed E-state index contributed by atoms with van der Waals surface area (Å²) in [6, 6.07) is 0. The maximum absolute atomic E-state index is 10.3. The molecule has 1 aromatic carbocycles. The number of benzene rings is 1. The molecule has 18 heavy (non-hydrogen) atoms. The van der Waals surface area contributed by atoms with Crippen LogP contribution in [0.3, 0.4) is 0 Å². The molecule has 2 N–H and O–H groups in total. The molecule has 3 rings (SSSR count). The van der Waals surface area contributed by atoms with Crippen molar-refractivity contribution in [3.05, 3.63) is 21.7 Å². The van der Waals surface area contributed by atoms with Crippen molar-refractivity contribution in [3.63, 3.8) is 0 Å². The fraction of sp³-hybridized carbons (Fsp3) is 0.538. The van der Waals surface area contributed by atoms with Crippen molar-refractivity contribution < 1.29 is 14.6 Å². The van der Waals surface area contributed by atoms with Crippen molar-refractivity contribution in [3.8, 4) is 11.5 Å². The normalized spacial score (nSPS) is 17.9. The smallest absolute Gasteiger partial charge is 0.142 e. The highest BCUT2D eigenvalue weighted by atomic mass is 35.5. The average Bonchev–Trinajstić information content (AvgIpc) is 2.97. The first kappa shape index (κ1) is 12.1. The molecular formula is C13H16ClNO3. The summed E-state index contributed by atoms with van der Waals surface area (Å²) in [6.45, 7) is 1.73. The van der Waals surface area contributed by atoms with E-state index in [1.807, 2.05) is 7.05 Å². The molecule has 4 nitrogen and oxygen atoms in total. The molecular weight excluding hydrogens is 254 g/mol. The lowest BCUT2D eigenvalue weighted by molar-refractivity contribution is 0.172. The summed E-state index contributed by atoms with van der Waals surface area (Å²) in [4.78, 5) is 0. The second kappa shape index (κ2) is 4.61. The summed E-state index contributed by atoms with van der Waals surface area (Å²) < 4.78 is 11.3. The molecule has 0 fully saturated rings. The van der Waals surface area contributed by atoms with E-state index < -0.39 is 6.10 Å². The number of rotatable bonds is 3. The lowest BCUT2D eigenvalue weighted by atomic mass is 9.95. The van der Waals surface area contributed by atoms with Gasteiger partial charge in [-0.2, -0.15) is 0 Å². The standard InChI is InChI=1S/C13H16ClNO3/c1-15-6-9(16)10-7-2-4-18-13(7)11(14)8-3-5-17-12(8)10/h9,15-16H,2-6H2,1H3. The zero-order valence-electron chi connectivity index (χ0n) is 10.3. The van der Waals surface area contributed by atoms with Crippen LogP contribution in [0.5, 0.6) is 11.5 Å². The van der Waals surface area contributed by atoms with Gasteiger partial charge in [-0.3, -0.25) is 0 Å². The van der Waals surface area contributed by atoms with Gasteiger partial charge >= 0.3 is 0 Å². The first-order valence-electron chi connectivity index (χ1n) is 6.19. The van der Waals surface area contributed by atoms with Crippen LogP contribution in [-0.4, -0.2) is 31.9 Å². The Hall–Kier alpha value is -0.970. The molecule has 1 atom stereocenters. The highest BCUT2D eigenvalue weighted by Gasteiger charge is 2.33. The summed E-state index contributed by atoms with van der Waals surface area (Å²) in [7, 11) is 1.82. The minimum Gasteiger partial charge on any atom is -0.492 e. The number of aliphatic hydroxyl groups is 1. The van der Waals surface area contributed by atoms with Crippen LogP contribution in [0.4, 0.5) is 0 Å². The number of nitrogens with one attached hydrogen (secondary N) is 1. The van der Waals surface area contributed by atoms with E-state index in [0.717, 1.165) is 41.0 Å². The van der Waals surface area contributed by atoms with Crippen LogP contribution in [0, 0.1) is 0 Å². The van der Waals surface area contributed by atoms with Crippen LogP contribution in [0.15, 0.2) is 0 Å². The van der Waals surface area contributed by atoms with Gasteiger partial charge in [0.2, 0.25) is 0 Å². The highest BCUT2D eigenvalue weighted by Crippen LogP contribution is 2.48. The van der Waals surface area contributed by atoms with Gasteiger partial charge in [0.25, 0.3) is 0 Å². The quantitative estimate of drug-likeness (QED) is 0.872. The van der Waals surface area contributed by atoms with Gasteiger partial charge < -0.3 is 19.9 Å². The van der Waals surface area contributed by atoms with E-state index in [0.29, 0.717) is 24.8 Å². The van der Waals surface area contributed by atoms with Crippen molar-refractivity contribution in [2.45, 2.75) is 18.9 Å². The van der Waals surface area contributed by atoms with E-state index in [4.69, 9.17) is 21.1 Å². The lowest BCUT2D eigenvalue weighted by Crippen LogP contribution is -2.18. The summed E-state index contributed by atoms with van der Waals surface area (Å²) in [5.74, 6) is 1.51. The number of hydrogen-bond acceptors (Lipinski definition) is 4. The molecule has 1 aromatic rings. The number of aliphatic hydroxyl groups excluding tert-OH is 1. The minimum atomic E-state index is -0.588. The Bertz CT molecular complexity index is 455. The lowest BCUT2D eigenvalue weighted by Gasteiger charge is -2.19. The Balaban J connectivity index is 2.18. The molecule has 0 aliphatic carbocycles. The molecule has 2 aliphatic heterocycles. The number of likely N-dealkylation sites (N-methyl/N-ethyl adjacent to an activating group) is 1. The maximum atomic E-state index is 10.3. The van der Waals surface area contributed by atoms with Gasteiger partial charge in [-0.15, -0.1) is 0 Å². The number of halogens is 1. The monoisotopic (exact) mass is 269 g/mol. The Morgan fingerprint density at radius 1 is 1.22 bits per heavy atom. The van der Waals surface area contributed by atoms with Crippen LogP contribution in [0.1, 0.15) is 22.8 Å². The van der Waals surface area contributed by atoms with Gasteiger partial charge in [-0.25, -0.2) is 0 Å². The third kappa shape index (κ3) is 1.67. The second-order valence-electron chi connectivity index (χ2n) is 4.61. The molecule has 0 aromatic heterocycles. The van der Waals surface area contributed by atoms with Gasteiger partial charge in [0.15, 0.2) is 0 Å². The second-order valence-corrected chi connectivity index (χ2v) is 4.99. The molecule has 0 spiro atoms. The van der Waals surface area contributed by atoms with Crippen molar-refractivity contribution in [2.24, 2.45) is 0 Å². The van der Waals surface area contributed by atoms with Gasteiger partial charge in [0, 0.05) is 36.1 Å². The SMILES string of the molecule is CNCC(O)c1c2c(c(Cl)c3c1OCC3)OCC2. The zero-order chi connectivity index (χ0) is 12.7. The van der Waals surface area contributed by atoms with E-state index in [1.54, 1.807) is 0 Å². The van der Waals surface area contributed by atoms with Crippen molar-refractivity contribution in [2.75, 3.05) is 26.8 Å². The molecule has 0 saturated carbocycles. The van der Waals surface area contributed by atoms with E-state index in [1.165, 1.54) is 0 Å². The van der Waals surface area contributed by atoms with E-state index in [-0.39, 0.29) is 0 Å². The van der Waals surface area contributed by atoms with E-state index in [9.17, 15) is 5.11 Å². The molecule has 2 heterocycles. The van der Waals surface area contributed by atoms with E-state index >= 15 is 0 Å². The highest BCUT2D eigenvalue weighted by molar-refractivity contribution is 6.33. The summed E-state index contributed by atoms with van der Waals surface area (Å²) in [6.07, 6.45) is 0.973. The average molecular weight is 270 g/mol. The summed E-state index contributed by atoms with van der Waals surface area (Å²) in [5, 5.41) is 13.9. The van der Waals surface area contributed by atoms with Crippen molar-refractivity contribution in [1.29, 1.82) is 0 Å². The minimum absolute atomic E-state index is 0.490. The predicted octanol–water partition coefficient (Wildman–Crippen LogP) is 1.46. The Morgan fingerprint density at radius 2 is 1.89 bits per heavy atom. The first-order valence-corrected chi connectivity index (χ1v) is 6.57. The van der Waals surface area contributed by atoms with Crippen LogP contribution in [0.2, 0.25) is 5.02 Å². The molecule has 0 amide bonds. The maximum Gasteiger partial charge on any atom is 0.142 e. The topological polar surface area (TPSA) is 50.7 Å². The molecule has 98 valence electrons. The van der Waals surface area contributed by atoms with Crippen molar-refractivity contribution in [1.82, 2.24) is 5.32 Å². The first-order chi connectivity index (χ1) is 8.74. The van der Waals surface area contributed by atoms with Gasteiger partial charge in [0.05, 0.1) is 24.3 Å². The molecule has 0 saturated heterocycles. The van der Waals surface area contributed by atoms with Crippen LogP contribution in [0.25, 0.3) is 0 Å². The Labute approximate surface area is 111 Å². The number of ether oxygens (including phenoxy) is 2. The van der Waals surface area contributed by atoms with Crippen LogP contribution >= 0.6 is 11.6 Å². The summed E-state index contributed by atoms with van der Waals surface area (Å²) in [5.41, 5.74) is 2.83. The molecule has 1 unspecified atom stereocenters. The molecule has 5 heteroatoms. The molecule has 0 radical (unpaired) electrons. The molecule has 0 bridgehead atoms.